The monoisotopic (exact) mass is 744 g/mol. The van der Waals surface area contributed by atoms with Gasteiger partial charge in [-0.25, -0.2) is 0 Å². The molecule has 4 nitrogen and oxygen atoms in total. The first-order chi connectivity index (χ1) is 28.8. The summed E-state index contributed by atoms with van der Waals surface area (Å²) in [5, 5.41) is 6.49. The van der Waals surface area contributed by atoms with E-state index in [-0.39, 0.29) is 0 Å². The first-order valence-corrected chi connectivity index (χ1v) is 20.4. The number of para-hydroxylation sites is 4. The Hall–Kier alpha value is -7.30. The average molecular weight is 745 g/mol. The number of hydrogen-bond donors (Lipinski definition) is 0. The highest BCUT2D eigenvalue weighted by Gasteiger charge is 2.34. The molecule has 1 unspecified atom stereocenters. The minimum absolute atomic E-state index is 0.391. The zero-order valence-corrected chi connectivity index (χ0v) is 32.0. The molecule has 0 fully saturated rings. The van der Waals surface area contributed by atoms with E-state index in [1.165, 1.54) is 71.6 Å². The molecule has 3 aliphatic rings. The highest BCUT2D eigenvalue weighted by atomic mass is 15.2. The Balaban J connectivity index is 0.975. The van der Waals surface area contributed by atoms with Crippen molar-refractivity contribution in [3.8, 4) is 11.4 Å². The fourth-order valence-electron chi connectivity index (χ4n) is 9.87. The smallest absolute Gasteiger partial charge is 0.0541 e. The van der Waals surface area contributed by atoms with Gasteiger partial charge in [0.2, 0.25) is 0 Å². The normalized spacial score (nSPS) is 15.5. The number of benzene rings is 7. The largest absolute Gasteiger partial charge is 0.313 e. The third-order valence-electron chi connectivity index (χ3n) is 12.4. The fourth-order valence-corrected chi connectivity index (χ4v) is 9.87. The molecule has 3 heterocycles. The van der Waals surface area contributed by atoms with Crippen molar-refractivity contribution in [2.45, 2.75) is 25.2 Å². The summed E-state index contributed by atoms with van der Waals surface area (Å²) in [6.07, 6.45) is 14.8. The van der Waals surface area contributed by atoms with Crippen molar-refractivity contribution in [2.75, 3.05) is 9.80 Å². The lowest BCUT2D eigenvalue weighted by atomic mass is 9.92. The maximum absolute atomic E-state index is 2.45. The third-order valence-corrected chi connectivity index (χ3v) is 12.4. The van der Waals surface area contributed by atoms with Crippen LogP contribution in [0.1, 0.15) is 30.7 Å². The molecule has 9 aromatic rings. The minimum Gasteiger partial charge on any atom is -0.313 e. The van der Waals surface area contributed by atoms with Crippen LogP contribution < -0.4 is 20.4 Å². The van der Waals surface area contributed by atoms with Crippen LogP contribution in [0.25, 0.3) is 56.2 Å². The Morgan fingerprint density at radius 1 is 0.466 bits per heavy atom. The summed E-state index contributed by atoms with van der Waals surface area (Å²) in [4.78, 5) is 4.83. The van der Waals surface area contributed by atoms with Crippen LogP contribution in [0.3, 0.4) is 0 Å². The van der Waals surface area contributed by atoms with E-state index in [9.17, 15) is 0 Å². The molecule has 0 spiro atoms. The van der Waals surface area contributed by atoms with E-state index < -0.39 is 0 Å². The molecule has 1 aliphatic heterocycles. The minimum atomic E-state index is 0.391. The molecule has 2 aromatic heterocycles. The van der Waals surface area contributed by atoms with Gasteiger partial charge in [-0.1, -0.05) is 97.1 Å². The van der Waals surface area contributed by atoms with E-state index in [0.29, 0.717) is 5.92 Å². The molecular weight excluding hydrogens is 705 g/mol. The lowest BCUT2D eigenvalue weighted by molar-refractivity contribution is 0.819. The van der Waals surface area contributed by atoms with Crippen molar-refractivity contribution >= 4 is 73.3 Å². The molecule has 58 heavy (non-hydrogen) atoms. The predicted molar refractivity (Wildman–Crippen MR) is 243 cm³/mol. The van der Waals surface area contributed by atoms with Gasteiger partial charge in [-0.05, 0) is 128 Å². The number of aromatic nitrogens is 2. The Morgan fingerprint density at radius 2 is 0.983 bits per heavy atom. The molecule has 0 radical (unpaired) electrons. The van der Waals surface area contributed by atoms with E-state index in [0.717, 1.165) is 42.0 Å². The van der Waals surface area contributed by atoms with Gasteiger partial charge in [-0.3, -0.25) is 0 Å². The van der Waals surface area contributed by atoms with Gasteiger partial charge >= 0.3 is 0 Å². The van der Waals surface area contributed by atoms with Gasteiger partial charge in [0.1, 0.15) is 0 Å². The summed E-state index contributed by atoms with van der Waals surface area (Å²) >= 11 is 0. The van der Waals surface area contributed by atoms with Crippen LogP contribution in [-0.4, -0.2) is 9.13 Å². The molecule has 0 amide bonds. The zero-order valence-electron chi connectivity index (χ0n) is 32.0. The van der Waals surface area contributed by atoms with Crippen LogP contribution in [0, 0.1) is 0 Å². The van der Waals surface area contributed by atoms with E-state index in [2.05, 4.69) is 219 Å². The predicted octanol–water partition coefficient (Wildman–Crippen LogP) is 12.6. The fraction of sp³-hybridized carbons (Fsp3) is 0.0741. The van der Waals surface area contributed by atoms with Gasteiger partial charge in [-0.15, -0.1) is 0 Å². The zero-order chi connectivity index (χ0) is 38.2. The summed E-state index contributed by atoms with van der Waals surface area (Å²) < 4.78 is 4.81. The van der Waals surface area contributed by atoms with Crippen molar-refractivity contribution in [3.05, 3.63) is 210 Å². The quantitative estimate of drug-likeness (QED) is 0.169. The Kier molecular flexibility index (Phi) is 7.45. The SMILES string of the molecule is C1=CCC2C(=C1)N(c1ccc(N(c3ccc(-n4c5c(c6ccccc64)=CCCC=5)cc3)c3ccc(-n4c5ccccc5c5ccccc54)cc3)cc1)c1ccccc12. The first-order valence-electron chi connectivity index (χ1n) is 20.4. The summed E-state index contributed by atoms with van der Waals surface area (Å²) in [7, 11) is 0. The van der Waals surface area contributed by atoms with Gasteiger partial charge < -0.3 is 18.9 Å². The van der Waals surface area contributed by atoms with E-state index in [4.69, 9.17) is 0 Å². The van der Waals surface area contributed by atoms with Crippen LogP contribution in [-0.2, 0) is 0 Å². The number of rotatable bonds is 6. The van der Waals surface area contributed by atoms with Crippen molar-refractivity contribution in [1.29, 1.82) is 0 Å². The van der Waals surface area contributed by atoms with Crippen LogP contribution in [0.15, 0.2) is 194 Å². The molecule has 2 aliphatic carbocycles. The summed E-state index contributed by atoms with van der Waals surface area (Å²) in [6, 6.07) is 62.4. The van der Waals surface area contributed by atoms with Crippen molar-refractivity contribution in [3.63, 3.8) is 0 Å². The maximum Gasteiger partial charge on any atom is 0.0541 e. The van der Waals surface area contributed by atoms with Crippen LogP contribution in [0.2, 0.25) is 0 Å². The number of allylic oxidation sites excluding steroid dienone is 4. The second kappa shape index (κ2) is 13.1. The van der Waals surface area contributed by atoms with Crippen LogP contribution >= 0.6 is 0 Å². The molecule has 12 rings (SSSR count). The first kappa shape index (κ1) is 32.9. The second-order valence-corrected chi connectivity index (χ2v) is 15.6. The summed E-state index contributed by atoms with van der Waals surface area (Å²) in [6.45, 7) is 0. The second-order valence-electron chi connectivity index (χ2n) is 15.6. The Labute approximate surface area is 337 Å². The molecular formula is C54H40N4. The number of nitrogens with zero attached hydrogens (tertiary/aromatic N) is 4. The lowest BCUT2D eigenvalue weighted by Crippen LogP contribution is -2.30. The molecule has 276 valence electrons. The van der Waals surface area contributed by atoms with Crippen molar-refractivity contribution < 1.29 is 0 Å². The van der Waals surface area contributed by atoms with Crippen LogP contribution in [0.5, 0.6) is 0 Å². The molecule has 1 atom stereocenters. The maximum atomic E-state index is 2.45. The summed E-state index contributed by atoms with van der Waals surface area (Å²) in [5.74, 6) is 0.391. The molecule has 0 saturated carbocycles. The van der Waals surface area contributed by atoms with E-state index in [1.54, 1.807) is 0 Å². The highest BCUT2D eigenvalue weighted by Crippen LogP contribution is 2.50. The molecule has 0 bridgehead atoms. The van der Waals surface area contributed by atoms with E-state index in [1.807, 2.05) is 0 Å². The molecule has 7 aromatic carbocycles. The standard InChI is InChI=1S/C54H40N4/c1-7-19-49-43(13-1)44-14-2-8-20-50(44)56(49)40-31-25-37(26-32-40)55(38-27-33-41(34-28-38)57-51-21-9-3-15-45(51)46-16-4-10-22-52(46)57)39-29-35-42(36-30-39)58-53-23-11-5-17-47(53)48-18-6-12-24-54(48)58/h1-5,7-11,13-15,17-36,46H,6,12,16H2. The van der Waals surface area contributed by atoms with Gasteiger partial charge in [-0.2, -0.15) is 0 Å². The number of fused-ring (bicyclic) bond motifs is 9. The van der Waals surface area contributed by atoms with Gasteiger partial charge in [0.25, 0.3) is 0 Å². The van der Waals surface area contributed by atoms with Gasteiger partial charge in [0, 0.05) is 78.2 Å². The highest BCUT2D eigenvalue weighted by molar-refractivity contribution is 6.09. The van der Waals surface area contributed by atoms with Crippen molar-refractivity contribution in [2.24, 2.45) is 0 Å². The topological polar surface area (TPSA) is 16.3 Å². The average Bonchev–Trinajstić information content (AvgIpc) is 3.93. The van der Waals surface area contributed by atoms with E-state index >= 15 is 0 Å². The van der Waals surface area contributed by atoms with Gasteiger partial charge in [0.15, 0.2) is 0 Å². The molecule has 0 saturated heterocycles. The number of anilines is 5. The summed E-state index contributed by atoms with van der Waals surface area (Å²) in [5.41, 5.74) is 14.5. The van der Waals surface area contributed by atoms with Crippen molar-refractivity contribution in [1.82, 2.24) is 9.13 Å². The molecule has 4 heteroatoms. The molecule has 0 N–H and O–H groups in total. The third kappa shape index (κ3) is 5.01. The van der Waals surface area contributed by atoms with Crippen LogP contribution in [0.4, 0.5) is 28.4 Å². The lowest BCUT2D eigenvalue weighted by Gasteiger charge is -2.28. The van der Waals surface area contributed by atoms with Gasteiger partial charge in [0.05, 0.1) is 16.6 Å². The Bertz CT molecular complexity index is 3200. The Morgan fingerprint density at radius 3 is 1.64 bits per heavy atom. The number of hydrogen-bond acceptors (Lipinski definition) is 2.